The number of ether oxygens (including phenoxy) is 3. The van der Waals surface area contributed by atoms with Crippen LogP contribution >= 0.6 is 12.2 Å². The molecule has 0 spiro atoms. The number of hydrogen-bond acceptors (Lipinski definition) is 7. The molecule has 7 nitrogen and oxygen atoms in total. The average molecular weight is 513 g/mol. The molecule has 2 fully saturated rings. The zero-order chi connectivity index (χ0) is 25.3. The standard InChI is InChI=1S/C28H36N2O5S/c1-2-3-4-5-9-12-20(33-28(36)26-29-15-16-30-26)13-14-21-22-17-25(31)34-24(22)18-23(21)35-27(32)19-10-7-6-8-11-19/h6-8,10-11,15-16,20-24H,2-5,9,12-14,17-18H2,1H3,(H,29,30)/t20?,21-,22-,23-,24+/m1/s1. The van der Waals surface area contributed by atoms with Crippen molar-refractivity contribution in [3.8, 4) is 0 Å². The summed E-state index contributed by atoms with van der Waals surface area (Å²) in [6, 6.07) is 9.03. The lowest BCUT2D eigenvalue weighted by molar-refractivity contribution is -0.141. The van der Waals surface area contributed by atoms with Crippen molar-refractivity contribution in [1.29, 1.82) is 0 Å². The minimum absolute atomic E-state index is 0.0393. The lowest BCUT2D eigenvalue weighted by Crippen LogP contribution is -2.28. The van der Waals surface area contributed by atoms with Gasteiger partial charge in [-0.25, -0.2) is 9.78 Å². The molecule has 1 saturated heterocycles. The summed E-state index contributed by atoms with van der Waals surface area (Å²) >= 11 is 5.49. The first-order valence-electron chi connectivity index (χ1n) is 13.2. The molecule has 1 aliphatic heterocycles. The summed E-state index contributed by atoms with van der Waals surface area (Å²) in [5.74, 6) is 0.169. The number of aromatic amines is 1. The first-order chi connectivity index (χ1) is 17.5. The number of H-pyrrole nitrogens is 1. The van der Waals surface area contributed by atoms with Crippen LogP contribution in [0.5, 0.6) is 0 Å². The highest BCUT2D eigenvalue weighted by Crippen LogP contribution is 2.45. The van der Waals surface area contributed by atoms with Gasteiger partial charge in [-0.1, -0.05) is 50.8 Å². The SMILES string of the molecule is CCCCCCCC(CC[C@@H]1[C@H]2CC(=O)O[C@H]2C[C@H]1OC(=O)c1ccccc1)OC(=S)c1ncc[nH]1. The highest BCUT2D eigenvalue weighted by molar-refractivity contribution is 7.80. The number of benzene rings is 1. The van der Waals surface area contributed by atoms with Crippen molar-refractivity contribution in [1.82, 2.24) is 9.97 Å². The minimum Gasteiger partial charge on any atom is -0.477 e. The van der Waals surface area contributed by atoms with Gasteiger partial charge in [-0.05, 0) is 50.0 Å². The van der Waals surface area contributed by atoms with Crippen LogP contribution in [-0.4, -0.2) is 45.3 Å². The molecule has 1 aliphatic carbocycles. The number of hydrogen-bond donors (Lipinski definition) is 1. The molecule has 4 rings (SSSR count). The monoisotopic (exact) mass is 512 g/mol. The summed E-state index contributed by atoms with van der Waals surface area (Å²) in [5.41, 5.74) is 0.530. The van der Waals surface area contributed by atoms with Gasteiger partial charge in [0.05, 0.1) is 18.1 Å². The van der Waals surface area contributed by atoms with E-state index in [9.17, 15) is 9.59 Å². The molecule has 0 amide bonds. The lowest BCUT2D eigenvalue weighted by atomic mass is 9.86. The highest BCUT2D eigenvalue weighted by Gasteiger charge is 2.51. The van der Waals surface area contributed by atoms with E-state index in [1.807, 2.05) is 18.2 Å². The quantitative estimate of drug-likeness (QED) is 0.206. The number of esters is 2. The van der Waals surface area contributed by atoms with E-state index < -0.39 is 0 Å². The topological polar surface area (TPSA) is 90.5 Å². The Bertz CT molecular complexity index is 997. The number of carbonyl (C=O) groups excluding carboxylic acids is 2. The van der Waals surface area contributed by atoms with Crippen molar-refractivity contribution >= 4 is 29.2 Å². The Balaban J connectivity index is 1.40. The number of nitrogens with one attached hydrogen (secondary N) is 1. The zero-order valence-electron chi connectivity index (χ0n) is 20.9. The Morgan fingerprint density at radius 1 is 1.19 bits per heavy atom. The van der Waals surface area contributed by atoms with Crippen LogP contribution in [0.4, 0.5) is 0 Å². The molecule has 0 bridgehead atoms. The molecular formula is C28H36N2O5S. The third kappa shape index (κ3) is 6.93. The fraction of sp³-hybridized carbons (Fsp3) is 0.571. The summed E-state index contributed by atoms with van der Waals surface area (Å²) in [6.45, 7) is 2.21. The van der Waals surface area contributed by atoms with Crippen molar-refractivity contribution in [3.05, 3.63) is 54.1 Å². The third-order valence-corrected chi connectivity index (χ3v) is 7.63. The number of aromatic nitrogens is 2. The number of rotatable bonds is 13. The van der Waals surface area contributed by atoms with Crippen molar-refractivity contribution in [2.75, 3.05) is 0 Å². The Morgan fingerprint density at radius 3 is 2.75 bits per heavy atom. The molecule has 0 radical (unpaired) electrons. The average Bonchev–Trinajstić information content (AvgIpc) is 3.60. The predicted molar refractivity (Wildman–Crippen MR) is 140 cm³/mol. The van der Waals surface area contributed by atoms with Crippen LogP contribution in [0.25, 0.3) is 0 Å². The van der Waals surface area contributed by atoms with Crippen molar-refractivity contribution < 1.29 is 23.8 Å². The lowest BCUT2D eigenvalue weighted by Gasteiger charge is -2.26. The smallest absolute Gasteiger partial charge is 0.338 e. The number of carbonyl (C=O) groups is 2. The maximum Gasteiger partial charge on any atom is 0.338 e. The van der Waals surface area contributed by atoms with E-state index >= 15 is 0 Å². The van der Waals surface area contributed by atoms with Gasteiger partial charge < -0.3 is 19.2 Å². The second-order valence-corrected chi connectivity index (χ2v) is 10.2. The summed E-state index contributed by atoms with van der Waals surface area (Å²) in [4.78, 5) is 32.0. The summed E-state index contributed by atoms with van der Waals surface area (Å²) in [7, 11) is 0. The number of nitrogens with zero attached hydrogens (tertiary/aromatic N) is 1. The first kappa shape index (κ1) is 26.3. The maximum atomic E-state index is 12.8. The van der Waals surface area contributed by atoms with E-state index in [4.69, 9.17) is 26.4 Å². The second-order valence-electron chi connectivity index (χ2n) is 9.85. The molecule has 1 aromatic carbocycles. The van der Waals surface area contributed by atoms with Crippen LogP contribution in [0.1, 0.15) is 87.3 Å². The van der Waals surface area contributed by atoms with Crippen LogP contribution in [0.2, 0.25) is 0 Å². The molecule has 36 heavy (non-hydrogen) atoms. The number of imidazole rings is 1. The molecule has 1 unspecified atom stereocenters. The Kier molecular flexibility index (Phi) is 9.50. The largest absolute Gasteiger partial charge is 0.477 e. The van der Waals surface area contributed by atoms with Gasteiger partial charge in [0, 0.05) is 30.7 Å². The van der Waals surface area contributed by atoms with Crippen LogP contribution in [0.15, 0.2) is 42.7 Å². The van der Waals surface area contributed by atoms with Gasteiger partial charge in [0.15, 0.2) is 5.82 Å². The Hall–Kier alpha value is -2.74. The normalized spacial score (nSPS) is 23.6. The first-order valence-corrected chi connectivity index (χ1v) is 13.6. The van der Waals surface area contributed by atoms with Crippen LogP contribution in [0, 0.1) is 11.8 Å². The molecule has 2 aromatic rings. The second kappa shape index (κ2) is 13.0. The Labute approximate surface area is 218 Å². The zero-order valence-corrected chi connectivity index (χ0v) is 21.7. The highest BCUT2D eigenvalue weighted by atomic mass is 32.1. The molecule has 194 valence electrons. The van der Waals surface area contributed by atoms with Gasteiger partial charge in [-0.2, -0.15) is 0 Å². The van der Waals surface area contributed by atoms with Crippen molar-refractivity contribution in [2.45, 2.75) is 89.4 Å². The molecule has 2 aliphatic rings. The molecular weight excluding hydrogens is 476 g/mol. The fourth-order valence-corrected chi connectivity index (χ4v) is 5.72. The maximum absolute atomic E-state index is 12.8. The van der Waals surface area contributed by atoms with Crippen LogP contribution in [0.3, 0.4) is 0 Å². The van der Waals surface area contributed by atoms with Crippen LogP contribution in [-0.2, 0) is 19.0 Å². The molecule has 1 N–H and O–H groups in total. The number of thiocarbonyl (C=S) groups is 1. The fourth-order valence-electron chi connectivity index (χ4n) is 5.47. The summed E-state index contributed by atoms with van der Waals surface area (Å²) in [5, 5.41) is 0.370. The van der Waals surface area contributed by atoms with Crippen molar-refractivity contribution in [2.24, 2.45) is 11.8 Å². The minimum atomic E-state index is -0.334. The van der Waals surface area contributed by atoms with E-state index in [1.54, 1.807) is 24.5 Å². The van der Waals surface area contributed by atoms with E-state index in [0.29, 0.717) is 29.3 Å². The summed E-state index contributed by atoms with van der Waals surface area (Å²) in [6.07, 6.45) is 12.1. The number of fused-ring (bicyclic) bond motifs is 1. The van der Waals surface area contributed by atoms with Gasteiger partial charge in [0.1, 0.15) is 12.2 Å². The number of unbranched alkanes of at least 4 members (excludes halogenated alkanes) is 4. The van der Waals surface area contributed by atoms with Gasteiger partial charge in [0.25, 0.3) is 0 Å². The van der Waals surface area contributed by atoms with E-state index in [0.717, 1.165) is 32.1 Å². The predicted octanol–water partition coefficient (Wildman–Crippen LogP) is 5.79. The van der Waals surface area contributed by atoms with E-state index in [1.165, 1.54) is 19.3 Å². The molecule has 8 heteroatoms. The molecule has 5 atom stereocenters. The summed E-state index contributed by atoms with van der Waals surface area (Å²) < 4.78 is 17.7. The van der Waals surface area contributed by atoms with Gasteiger partial charge in [-0.15, -0.1) is 0 Å². The Morgan fingerprint density at radius 2 is 2.00 bits per heavy atom. The third-order valence-electron chi connectivity index (χ3n) is 7.34. The van der Waals surface area contributed by atoms with E-state index in [2.05, 4.69) is 16.9 Å². The van der Waals surface area contributed by atoms with Gasteiger partial charge >= 0.3 is 11.9 Å². The molecule has 1 saturated carbocycles. The van der Waals surface area contributed by atoms with Crippen molar-refractivity contribution in [3.63, 3.8) is 0 Å². The van der Waals surface area contributed by atoms with Gasteiger partial charge in [0.2, 0.25) is 5.05 Å². The van der Waals surface area contributed by atoms with Crippen LogP contribution < -0.4 is 0 Å². The molecule has 1 aromatic heterocycles. The van der Waals surface area contributed by atoms with Gasteiger partial charge in [-0.3, -0.25) is 4.79 Å². The molecule has 2 heterocycles. The van der Waals surface area contributed by atoms with E-state index in [-0.39, 0.29) is 42.1 Å².